The maximum Gasteiger partial charge on any atom is 0.326 e. The number of rotatable bonds is 4. The van der Waals surface area contributed by atoms with Gasteiger partial charge in [0.15, 0.2) is 0 Å². The molecule has 1 amide bonds. The minimum absolute atomic E-state index is 0.0129. The second-order valence-electron chi connectivity index (χ2n) is 7.97. The summed E-state index contributed by atoms with van der Waals surface area (Å²) in [6.07, 6.45) is 0.289. The smallest absolute Gasteiger partial charge is 0.326 e. The van der Waals surface area contributed by atoms with Gasteiger partial charge in [-0.2, -0.15) is 4.98 Å². The molecule has 0 aliphatic carbocycles. The van der Waals surface area contributed by atoms with E-state index in [2.05, 4.69) is 15.1 Å². The van der Waals surface area contributed by atoms with Crippen LogP contribution in [0.1, 0.15) is 38.1 Å². The van der Waals surface area contributed by atoms with Gasteiger partial charge >= 0.3 is 5.69 Å². The Morgan fingerprint density at radius 1 is 1.19 bits per heavy atom. The monoisotopic (exact) mass is 437 g/mol. The van der Waals surface area contributed by atoms with Gasteiger partial charge in [-0.05, 0) is 50.2 Å². The van der Waals surface area contributed by atoms with Crippen LogP contribution in [0.2, 0.25) is 5.02 Å². The average molecular weight is 438 g/mol. The Balaban J connectivity index is 1.41. The number of imidazole rings is 1. The summed E-state index contributed by atoms with van der Waals surface area (Å²) >= 11 is 6.06. The maximum absolute atomic E-state index is 12.5. The number of hydrogen-bond donors (Lipinski definition) is 1. The van der Waals surface area contributed by atoms with Crippen molar-refractivity contribution >= 4 is 34.2 Å². The number of fused-ring (bicyclic) bond motifs is 1. The number of benzene rings is 2. The van der Waals surface area contributed by atoms with Gasteiger partial charge in [0.05, 0.1) is 17.0 Å². The normalized spacial score (nSPS) is 16.7. The van der Waals surface area contributed by atoms with Gasteiger partial charge in [-0.15, -0.1) is 0 Å². The second kappa shape index (κ2) is 7.39. The number of carbonyl (C=O) groups is 1. The number of aromatic nitrogens is 4. The number of hydrogen-bond acceptors (Lipinski definition) is 5. The van der Waals surface area contributed by atoms with Crippen molar-refractivity contribution in [2.45, 2.75) is 32.2 Å². The molecule has 2 aromatic carbocycles. The predicted octanol–water partition coefficient (Wildman–Crippen LogP) is 4.13. The Morgan fingerprint density at radius 3 is 2.81 bits per heavy atom. The van der Waals surface area contributed by atoms with Gasteiger partial charge in [0.1, 0.15) is 0 Å². The molecule has 1 aliphatic rings. The Morgan fingerprint density at radius 2 is 2.03 bits per heavy atom. The highest BCUT2D eigenvalue weighted by atomic mass is 35.5. The van der Waals surface area contributed by atoms with E-state index in [1.165, 1.54) is 0 Å². The van der Waals surface area contributed by atoms with Crippen LogP contribution < -0.4 is 10.6 Å². The summed E-state index contributed by atoms with van der Waals surface area (Å²) in [5.41, 5.74) is 2.87. The van der Waals surface area contributed by atoms with E-state index < -0.39 is 0 Å². The maximum atomic E-state index is 12.5. The van der Waals surface area contributed by atoms with Crippen LogP contribution in [0.25, 0.3) is 22.4 Å². The van der Waals surface area contributed by atoms with E-state index in [-0.39, 0.29) is 30.0 Å². The van der Waals surface area contributed by atoms with E-state index in [0.717, 1.165) is 16.8 Å². The first-order chi connectivity index (χ1) is 14.9. The van der Waals surface area contributed by atoms with Gasteiger partial charge in [-0.3, -0.25) is 9.36 Å². The molecule has 9 heteroatoms. The molecule has 1 saturated heterocycles. The minimum atomic E-state index is -0.196. The molecule has 0 spiro atoms. The first-order valence-electron chi connectivity index (χ1n) is 10.0. The molecule has 1 atom stereocenters. The number of nitrogens with zero attached hydrogens (tertiary/aromatic N) is 4. The molecule has 1 unspecified atom stereocenters. The number of nitrogens with one attached hydrogen (secondary N) is 1. The first kappa shape index (κ1) is 19.6. The van der Waals surface area contributed by atoms with Crippen LogP contribution in [-0.2, 0) is 4.79 Å². The van der Waals surface area contributed by atoms with E-state index >= 15 is 0 Å². The third kappa shape index (κ3) is 3.42. The van der Waals surface area contributed by atoms with Crippen molar-refractivity contribution in [2.75, 3.05) is 11.4 Å². The molecule has 0 bridgehead atoms. The van der Waals surface area contributed by atoms with Crippen LogP contribution in [0.15, 0.2) is 51.8 Å². The van der Waals surface area contributed by atoms with Gasteiger partial charge in [0.25, 0.3) is 0 Å². The van der Waals surface area contributed by atoms with E-state index in [1.807, 2.05) is 44.2 Å². The molecular formula is C22H20ClN5O3. The number of amides is 1. The molecular weight excluding hydrogens is 418 g/mol. The molecule has 2 aromatic heterocycles. The van der Waals surface area contributed by atoms with Gasteiger partial charge in [-0.25, -0.2) is 4.79 Å². The summed E-state index contributed by atoms with van der Waals surface area (Å²) in [6.45, 7) is 4.37. The molecule has 1 aliphatic heterocycles. The molecule has 31 heavy (non-hydrogen) atoms. The lowest BCUT2D eigenvalue weighted by Gasteiger charge is -2.16. The fourth-order valence-corrected chi connectivity index (χ4v) is 4.25. The van der Waals surface area contributed by atoms with E-state index in [1.54, 1.807) is 21.6 Å². The summed E-state index contributed by atoms with van der Waals surface area (Å²) in [7, 11) is 0. The van der Waals surface area contributed by atoms with Crippen molar-refractivity contribution < 1.29 is 9.32 Å². The fraction of sp³-hybridized carbons (Fsp3) is 0.273. The second-order valence-corrected chi connectivity index (χ2v) is 8.40. The molecule has 1 N–H and O–H groups in total. The summed E-state index contributed by atoms with van der Waals surface area (Å²) in [5.74, 6) is 0.629. The summed E-state index contributed by atoms with van der Waals surface area (Å²) in [5, 5.41) is 4.68. The minimum Gasteiger partial charge on any atom is -0.339 e. The Hall–Kier alpha value is -3.39. The number of H-pyrrole nitrogens is 1. The molecule has 8 nitrogen and oxygen atoms in total. The van der Waals surface area contributed by atoms with Crippen LogP contribution >= 0.6 is 11.6 Å². The Labute approximate surface area is 182 Å². The zero-order valence-corrected chi connectivity index (χ0v) is 17.8. The molecule has 158 valence electrons. The highest BCUT2D eigenvalue weighted by molar-refractivity contribution is 6.30. The standard InChI is InChI=1S/C22H20ClN5O3/c1-12(2)28-18-7-6-13(8-17(18)24-22(28)30)20-25-21(31-26-20)14-9-19(29)27(11-14)16-5-3-4-15(23)10-16/h3-8,10,12,14H,9,11H2,1-2H3,(H,24,30). The molecule has 0 radical (unpaired) electrons. The zero-order chi connectivity index (χ0) is 21.7. The van der Waals surface area contributed by atoms with Crippen LogP contribution in [0.3, 0.4) is 0 Å². The highest BCUT2D eigenvalue weighted by Gasteiger charge is 2.35. The SMILES string of the molecule is CC(C)n1c(=O)[nH]c2cc(-c3noc(C4CC(=O)N(c5cccc(Cl)c5)C4)n3)ccc21. The molecule has 0 saturated carbocycles. The summed E-state index contributed by atoms with van der Waals surface area (Å²) in [6, 6.07) is 12.8. The third-order valence-corrected chi connectivity index (χ3v) is 5.76. The molecule has 3 heterocycles. The topological polar surface area (TPSA) is 97.0 Å². The number of carbonyl (C=O) groups excluding carboxylic acids is 1. The first-order valence-corrected chi connectivity index (χ1v) is 10.4. The lowest BCUT2D eigenvalue weighted by Crippen LogP contribution is -2.24. The van der Waals surface area contributed by atoms with Crippen LogP contribution in [0.4, 0.5) is 5.69 Å². The molecule has 1 fully saturated rings. The van der Waals surface area contributed by atoms with Crippen LogP contribution in [0.5, 0.6) is 0 Å². The van der Waals surface area contributed by atoms with Gasteiger partial charge in [0, 0.05) is 35.3 Å². The highest BCUT2D eigenvalue weighted by Crippen LogP contribution is 2.33. The van der Waals surface area contributed by atoms with E-state index in [9.17, 15) is 9.59 Å². The van der Waals surface area contributed by atoms with Gasteiger partial charge < -0.3 is 14.4 Å². The number of halogens is 1. The molecule has 5 rings (SSSR count). The number of anilines is 1. The van der Waals surface area contributed by atoms with E-state index in [0.29, 0.717) is 28.8 Å². The average Bonchev–Trinajstić information content (AvgIpc) is 3.43. The van der Waals surface area contributed by atoms with Crippen molar-refractivity contribution in [3.05, 3.63) is 63.9 Å². The van der Waals surface area contributed by atoms with Crippen molar-refractivity contribution in [1.29, 1.82) is 0 Å². The summed E-state index contributed by atoms with van der Waals surface area (Å²) < 4.78 is 7.20. The predicted molar refractivity (Wildman–Crippen MR) is 117 cm³/mol. The van der Waals surface area contributed by atoms with Crippen molar-refractivity contribution in [3.63, 3.8) is 0 Å². The summed E-state index contributed by atoms with van der Waals surface area (Å²) in [4.78, 5) is 33.8. The molecule has 4 aromatic rings. The van der Waals surface area contributed by atoms with Crippen molar-refractivity contribution in [3.8, 4) is 11.4 Å². The van der Waals surface area contributed by atoms with Crippen molar-refractivity contribution in [2.24, 2.45) is 0 Å². The fourth-order valence-electron chi connectivity index (χ4n) is 4.07. The largest absolute Gasteiger partial charge is 0.339 e. The Kier molecular flexibility index (Phi) is 4.66. The van der Waals surface area contributed by atoms with Gasteiger partial charge in [-0.1, -0.05) is 22.8 Å². The van der Waals surface area contributed by atoms with Gasteiger partial charge in [0.2, 0.25) is 17.6 Å². The quantitative estimate of drug-likeness (QED) is 0.517. The lowest BCUT2D eigenvalue weighted by atomic mass is 10.1. The third-order valence-electron chi connectivity index (χ3n) is 5.53. The van der Waals surface area contributed by atoms with Crippen LogP contribution in [-0.4, -0.2) is 32.1 Å². The number of aromatic amines is 1. The van der Waals surface area contributed by atoms with Crippen molar-refractivity contribution in [1.82, 2.24) is 19.7 Å². The Bertz CT molecular complexity index is 1350. The lowest BCUT2D eigenvalue weighted by molar-refractivity contribution is -0.117. The zero-order valence-electron chi connectivity index (χ0n) is 17.0. The van der Waals surface area contributed by atoms with E-state index in [4.69, 9.17) is 16.1 Å². The van der Waals surface area contributed by atoms with Crippen LogP contribution in [0, 0.1) is 0 Å².